The van der Waals surface area contributed by atoms with Crippen LogP contribution in [0.1, 0.15) is 30.4 Å². The maximum atomic E-state index is 5.36. The summed E-state index contributed by atoms with van der Waals surface area (Å²) in [5.41, 5.74) is 3.32. The molecule has 0 saturated heterocycles. The molecule has 3 aromatic rings. The van der Waals surface area contributed by atoms with Crippen LogP contribution in [0, 0.1) is 4.77 Å². The first kappa shape index (κ1) is 13.0. The lowest BCUT2D eigenvalue weighted by Crippen LogP contribution is -1.99. The van der Waals surface area contributed by atoms with Crippen LogP contribution in [-0.4, -0.2) is 19.6 Å². The topological polar surface area (TPSA) is 46.0 Å². The molecule has 0 aliphatic carbocycles. The largest absolute Gasteiger partial charge is 0.270 e. The van der Waals surface area contributed by atoms with Crippen molar-refractivity contribution in [2.45, 2.75) is 26.2 Å². The zero-order valence-electron chi connectivity index (χ0n) is 11.3. The number of aromatic nitrogens is 4. The molecule has 1 aromatic carbocycles. The van der Waals surface area contributed by atoms with Gasteiger partial charge in [0, 0.05) is 6.42 Å². The molecule has 0 spiro atoms. The minimum Gasteiger partial charge on any atom is -0.270 e. The Bertz CT molecular complexity index is 773. The number of aryl methyl sites for hydroxylation is 1. The molecule has 0 saturated carbocycles. The summed E-state index contributed by atoms with van der Waals surface area (Å²) < 4.78 is 2.60. The third-order valence-corrected chi connectivity index (χ3v) is 3.57. The Morgan fingerprint density at radius 1 is 1.25 bits per heavy atom. The van der Waals surface area contributed by atoms with E-state index in [0.717, 1.165) is 36.3 Å². The predicted molar refractivity (Wildman–Crippen MR) is 81.4 cm³/mol. The maximum Gasteiger partial charge on any atom is 0.199 e. The Kier molecular flexibility index (Phi) is 3.60. The van der Waals surface area contributed by atoms with Gasteiger partial charge in [-0.3, -0.25) is 9.50 Å². The quantitative estimate of drug-likeness (QED) is 0.747. The van der Waals surface area contributed by atoms with Crippen LogP contribution in [0.4, 0.5) is 0 Å². The summed E-state index contributed by atoms with van der Waals surface area (Å²) in [4.78, 5) is 4.77. The first-order valence-corrected chi connectivity index (χ1v) is 7.18. The molecule has 0 radical (unpaired) electrons. The maximum absolute atomic E-state index is 5.36. The average molecular weight is 284 g/mol. The second-order valence-electron chi connectivity index (χ2n) is 4.78. The number of fused-ring (bicyclic) bond motifs is 1. The number of benzene rings is 1. The van der Waals surface area contributed by atoms with Gasteiger partial charge >= 0.3 is 0 Å². The van der Waals surface area contributed by atoms with Crippen molar-refractivity contribution in [2.24, 2.45) is 0 Å². The minimum atomic E-state index is 0.600. The lowest BCUT2D eigenvalue weighted by molar-refractivity contribution is 0.866. The molecule has 5 heteroatoms. The Labute approximate surface area is 122 Å². The van der Waals surface area contributed by atoms with Crippen LogP contribution < -0.4 is 0 Å². The van der Waals surface area contributed by atoms with Crippen molar-refractivity contribution in [3.05, 3.63) is 58.4 Å². The van der Waals surface area contributed by atoms with Crippen molar-refractivity contribution in [3.63, 3.8) is 0 Å². The van der Waals surface area contributed by atoms with E-state index in [1.807, 2.05) is 28.8 Å². The van der Waals surface area contributed by atoms with Gasteiger partial charge in [0.1, 0.15) is 5.82 Å². The molecule has 0 atom stereocenters. The number of H-pyrrole nitrogens is 1. The molecule has 0 unspecified atom stereocenters. The number of imidazole rings is 1. The van der Waals surface area contributed by atoms with Gasteiger partial charge in [0.05, 0.1) is 17.4 Å². The van der Waals surface area contributed by atoms with Gasteiger partial charge in [0.25, 0.3) is 0 Å². The second-order valence-corrected chi connectivity index (χ2v) is 5.17. The van der Waals surface area contributed by atoms with E-state index in [9.17, 15) is 0 Å². The zero-order valence-corrected chi connectivity index (χ0v) is 12.2. The highest BCUT2D eigenvalue weighted by Gasteiger charge is 2.12. The molecule has 2 heterocycles. The highest BCUT2D eigenvalue weighted by atomic mass is 32.1. The fraction of sp³-hybridized carbons (Fsp3) is 0.267. The van der Waals surface area contributed by atoms with E-state index in [-0.39, 0.29) is 0 Å². The van der Waals surface area contributed by atoms with Gasteiger partial charge in [-0.15, -0.1) is 0 Å². The monoisotopic (exact) mass is 284 g/mol. The van der Waals surface area contributed by atoms with Crippen LogP contribution in [-0.2, 0) is 12.8 Å². The number of aromatic amines is 1. The highest BCUT2D eigenvalue weighted by molar-refractivity contribution is 7.71. The van der Waals surface area contributed by atoms with Crippen LogP contribution >= 0.6 is 12.2 Å². The van der Waals surface area contributed by atoms with E-state index in [1.54, 1.807) is 0 Å². The molecule has 0 fully saturated rings. The lowest BCUT2D eigenvalue weighted by Gasteiger charge is -2.01. The number of hydrogen-bond donors (Lipinski definition) is 1. The molecule has 3 rings (SSSR count). The molecule has 4 nitrogen and oxygen atoms in total. The summed E-state index contributed by atoms with van der Waals surface area (Å²) in [7, 11) is 0. The standard InChI is InChI=1S/C15H16N4S/c1-2-6-12-13-10-16-18-15(20)19(13)14(17-12)9-11-7-4-3-5-8-11/h3-5,7-8,10H,2,6,9H2,1H3,(H,18,20). The summed E-state index contributed by atoms with van der Waals surface area (Å²) in [6, 6.07) is 10.3. The fourth-order valence-electron chi connectivity index (χ4n) is 2.41. The number of nitrogens with one attached hydrogen (secondary N) is 1. The molecule has 0 aliphatic rings. The summed E-state index contributed by atoms with van der Waals surface area (Å²) in [6.45, 7) is 2.15. The molecule has 0 amide bonds. The SMILES string of the molecule is CCCc1nc(Cc2ccccc2)n2c(=S)[nH]ncc12. The minimum absolute atomic E-state index is 0.600. The van der Waals surface area contributed by atoms with Gasteiger partial charge in [-0.1, -0.05) is 43.7 Å². The Morgan fingerprint density at radius 3 is 2.80 bits per heavy atom. The van der Waals surface area contributed by atoms with Crippen molar-refractivity contribution in [1.29, 1.82) is 0 Å². The van der Waals surface area contributed by atoms with Crippen molar-refractivity contribution in [3.8, 4) is 0 Å². The van der Waals surface area contributed by atoms with Crippen molar-refractivity contribution >= 4 is 17.7 Å². The van der Waals surface area contributed by atoms with Gasteiger partial charge in [-0.25, -0.2) is 4.98 Å². The molecule has 2 aromatic heterocycles. The third-order valence-electron chi connectivity index (χ3n) is 3.30. The smallest absolute Gasteiger partial charge is 0.199 e. The number of nitrogens with zero attached hydrogens (tertiary/aromatic N) is 3. The molecule has 102 valence electrons. The van der Waals surface area contributed by atoms with Crippen molar-refractivity contribution in [1.82, 2.24) is 19.6 Å². The zero-order chi connectivity index (χ0) is 13.9. The van der Waals surface area contributed by atoms with E-state index in [1.165, 1.54) is 5.56 Å². The van der Waals surface area contributed by atoms with Crippen molar-refractivity contribution in [2.75, 3.05) is 0 Å². The summed E-state index contributed by atoms with van der Waals surface area (Å²) >= 11 is 5.36. The lowest BCUT2D eigenvalue weighted by atomic mass is 10.1. The average Bonchev–Trinajstić information content (AvgIpc) is 2.80. The van der Waals surface area contributed by atoms with Gasteiger partial charge in [0.15, 0.2) is 4.77 Å². The van der Waals surface area contributed by atoms with E-state index in [2.05, 4.69) is 29.3 Å². The molecule has 0 bridgehead atoms. The van der Waals surface area contributed by atoms with Crippen LogP contribution in [0.25, 0.3) is 5.52 Å². The fourth-order valence-corrected chi connectivity index (χ4v) is 2.66. The molecule has 20 heavy (non-hydrogen) atoms. The first-order chi connectivity index (χ1) is 9.79. The van der Waals surface area contributed by atoms with Crippen molar-refractivity contribution < 1.29 is 0 Å². The summed E-state index contributed by atoms with van der Waals surface area (Å²) in [6.07, 6.45) is 4.58. The first-order valence-electron chi connectivity index (χ1n) is 6.77. The van der Waals surface area contributed by atoms with Gasteiger partial charge in [0.2, 0.25) is 0 Å². The number of hydrogen-bond acceptors (Lipinski definition) is 3. The van der Waals surface area contributed by atoms with Crippen LogP contribution in [0.15, 0.2) is 36.5 Å². The van der Waals surface area contributed by atoms with Gasteiger partial charge < -0.3 is 0 Å². The molecular formula is C15H16N4S. The summed E-state index contributed by atoms with van der Waals surface area (Å²) in [5, 5.41) is 6.93. The van der Waals surface area contributed by atoms with Crippen LogP contribution in [0.2, 0.25) is 0 Å². The van der Waals surface area contributed by atoms with E-state index in [0.29, 0.717) is 4.77 Å². The van der Waals surface area contributed by atoms with E-state index < -0.39 is 0 Å². The molecule has 1 N–H and O–H groups in total. The van der Waals surface area contributed by atoms with E-state index >= 15 is 0 Å². The highest BCUT2D eigenvalue weighted by Crippen LogP contribution is 2.16. The van der Waals surface area contributed by atoms with Crippen LogP contribution in [0.3, 0.4) is 0 Å². The Hall–Kier alpha value is -2.01. The van der Waals surface area contributed by atoms with Gasteiger partial charge in [-0.2, -0.15) is 5.10 Å². The third kappa shape index (κ3) is 2.36. The molecule has 0 aliphatic heterocycles. The predicted octanol–water partition coefficient (Wildman–Crippen LogP) is 3.33. The summed E-state index contributed by atoms with van der Waals surface area (Å²) in [5.74, 6) is 0.971. The van der Waals surface area contributed by atoms with Gasteiger partial charge in [-0.05, 0) is 24.2 Å². The van der Waals surface area contributed by atoms with E-state index in [4.69, 9.17) is 17.2 Å². The normalized spacial score (nSPS) is 11.1. The molecular weight excluding hydrogens is 268 g/mol. The number of rotatable bonds is 4. The Morgan fingerprint density at radius 2 is 2.05 bits per heavy atom. The second kappa shape index (κ2) is 5.54. The van der Waals surface area contributed by atoms with Crippen LogP contribution in [0.5, 0.6) is 0 Å². The Balaban J connectivity index is 2.13.